The first-order valence-corrected chi connectivity index (χ1v) is 10.6. The number of hydrogen-bond acceptors (Lipinski definition) is 6. The second-order valence-electron chi connectivity index (χ2n) is 7.52. The number of anilines is 1. The first-order valence-electron chi connectivity index (χ1n) is 10.6. The van der Waals surface area contributed by atoms with Crippen molar-refractivity contribution in [2.24, 2.45) is 0 Å². The zero-order valence-electron chi connectivity index (χ0n) is 18.5. The Kier molecular flexibility index (Phi) is 6.59. The van der Waals surface area contributed by atoms with Gasteiger partial charge < -0.3 is 25.0 Å². The Labute approximate surface area is 192 Å². The van der Waals surface area contributed by atoms with Crippen LogP contribution in [0.4, 0.5) is 5.69 Å². The topological polar surface area (TPSA) is 99.6 Å². The van der Waals surface area contributed by atoms with E-state index in [1.165, 1.54) is 0 Å². The van der Waals surface area contributed by atoms with Gasteiger partial charge in [0.25, 0.3) is 5.91 Å². The Bertz CT molecular complexity index is 1230. The number of aryl methyl sites for hydroxylation is 1. The van der Waals surface area contributed by atoms with Crippen LogP contribution in [-0.4, -0.2) is 17.6 Å². The maximum absolute atomic E-state index is 12.2. The van der Waals surface area contributed by atoms with Gasteiger partial charge in [0, 0.05) is 18.3 Å². The van der Waals surface area contributed by atoms with E-state index in [1.54, 1.807) is 30.3 Å². The molecule has 168 valence electrons. The molecule has 0 radical (unpaired) electrons. The van der Waals surface area contributed by atoms with Crippen molar-refractivity contribution in [3.63, 3.8) is 0 Å². The molecule has 0 atom stereocenters. The molecule has 0 saturated heterocycles. The average Bonchev–Trinajstić information content (AvgIpc) is 3.30. The fourth-order valence-electron chi connectivity index (χ4n) is 3.31. The van der Waals surface area contributed by atoms with Crippen molar-refractivity contribution in [1.29, 1.82) is 0 Å². The van der Waals surface area contributed by atoms with Crippen LogP contribution in [0, 0.1) is 6.92 Å². The van der Waals surface area contributed by atoms with Crippen molar-refractivity contribution in [1.82, 2.24) is 10.5 Å². The highest BCUT2D eigenvalue weighted by Crippen LogP contribution is 2.42. The molecule has 7 heteroatoms. The maximum atomic E-state index is 12.2. The number of rotatable bonds is 8. The van der Waals surface area contributed by atoms with Crippen LogP contribution in [-0.2, 0) is 6.61 Å². The number of carbonyl (C=O) groups is 1. The number of nitrogens with one attached hydrogen (secondary N) is 1. The molecule has 0 saturated carbocycles. The van der Waals surface area contributed by atoms with Crippen LogP contribution in [0.3, 0.4) is 0 Å². The summed E-state index contributed by atoms with van der Waals surface area (Å²) in [5.74, 6) is 1.73. The molecular formula is C26H25N3O4. The Morgan fingerprint density at radius 1 is 1.03 bits per heavy atom. The lowest BCUT2D eigenvalue weighted by Gasteiger charge is -2.16. The minimum Gasteiger partial charge on any atom is -0.488 e. The Morgan fingerprint density at radius 2 is 1.76 bits per heavy atom. The molecule has 33 heavy (non-hydrogen) atoms. The van der Waals surface area contributed by atoms with Gasteiger partial charge in [-0.05, 0) is 61.4 Å². The molecular weight excluding hydrogens is 418 g/mol. The maximum Gasteiger partial charge on any atom is 0.273 e. The lowest BCUT2D eigenvalue weighted by atomic mass is 10.1. The Balaban J connectivity index is 1.75. The number of carbonyl (C=O) groups excluding carboxylic acids is 1. The lowest BCUT2D eigenvalue weighted by molar-refractivity contribution is 0.0947. The SMILES string of the molecule is CCNC(=O)c1cc(-c2c(OCc3ccccc3)cc(C)cc2Oc2ccc(N)cc2)on1. The molecule has 1 aromatic heterocycles. The molecule has 0 unspecified atom stereocenters. The van der Waals surface area contributed by atoms with Crippen LogP contribution in [0.2, 0.25) is 0 Å². The van der Waals surface area contributed by atoms with Crippen molar-refractivity contribution in [3.8, 4) is 28.6 Å². The van der Waals surface area contributed by atoms with Crippen LogP contribution in [0.15, 0.2) is 77.3 Å². The summed E-state index contributed by atoms with van der Waals surface area (Å²) < 4.78 is 17.9. The van der Waals surface area contributed by atoms with Gasteiger partial charge in [0.2, 0.25) is 0 Å². The molecule has 7 nitrogen and oxygen atoms in total. The van der Waals surface area contributed by atoms with Gasteiger partial charge in [-0.1, -0.05) is 35.5 Å². The third kappa shape index (κ3) is 5.33. The highest BCUT2D eigenvalue weighted by Gasteiger charge is 2.22. The summed E-state index contributed by atoms with van der Waals surface area (Å²) >= 11 is 0. The van der Waals surface area contributed by atoms with Gasteiger partial charge in [-0.3, -0.25) is 4.79 Å². The minimum atomic E-state index is -0.313. The fourth-order valence-corrected chi connectivity index (χ4v) is 3.31. The molecule has 0 aliphatic rings. The van der Waals surface area contributed by atoms with E-state index < -0.39 is 0 Å². The normalized spacial score (nSPS) is 10.6. The molecule has 4 aromatic rings. The van der Waals surface area contributed by atoms with Gasteiger partial charge in [-0.2, -0.15) is 0 Å². The molecule has 0 spiro atoms. The number of hydrogen-bond donors (Lipinski definition) is 2. The average molecular weight is 444 g/mol. The quantitative estimate of drug-likeness (QED) is 0.356. The van der Waals surface area contributed by atoms with Crippen LogP contribution < -0.4 is 20.5 Å². The first-order chi connectivity index (χ1) is 16.0. The van der Waals surface area contributed by atoms with Crippen molar-refractivity contribution in [3.05, 3.63) is 89.6 Å². The van der Waals surface area contributed by atoms with Gasteiger partial charge in [0.15, 0.2) is 11.5 Å². The van der Waals surface area contributed by atoms with Crippen molar-refractivity contribution < 1.29 is 18.8 Å². The number of benzene rings is 3. The van der Waals surface area contributed by atoms with E-state index in [0.717, 1.165) is 11.1 Å². The van der Waals surface area contributed by atoms with E-state index in [9.17, 15) is 4.79 Å². The van der Waals surface area contributed by atoms with E-state index in [-0.39, 0.29) is 11.6 Å². The summed E-state index contributed by atoms with van der Waals surface area (Å²) in [6, 6.07) is 22.3. The summed E-state index contributed by atoms with van der Waals surface area (Å²) in [5.41, 5.74) is 9.15. The summed E-state index contributed by atoms with van der Waals surface area (Å²) in [5, 5.41) is 6.66. The molecule has 3 aromatic carbocycles. The van der Waals surface area contributed by atoms with Crippen LogP contribution in [0.25, 0.3) is 11.3 Å². The van der Waals surface area contributed by atoms with E-state index >= 15 is 0 Å². The van der Waals surface area contributed by atoms with Gasteiger partial charge in [-0.25, -0.2) is 0 Å². The first kappa shape index (κ1) is 22.0. The Morgan fingerprint density at radius 3 is 2.48 bits per heavy atom. The van der Waals surface area contributed by atoms with Crippen molar-refractivity contribution in [2.45, 2.75) is 20.5 Å². The standard InChI is InChI=1S/C26H25N3O4/c1-3-28-26(30)21-15-24(33-29-21)25-22(31-16-18-7-5-4-6-8-18)13-17(2)14-23(25)32-20-11-9-19(27)10-12-20/h4-15H,3,16,27H2,1-2H3,(H,28,30). The smallest absolute Gasteiger partial charge is 0.273 e. The zero-order valence-corrected chi connectivity index (χ0v) is 18.5. The summed E-state index contributed by atoms with van der Waals surface area (Å²) in [6.45, 7) is 4.64. The van der Waals surface area contributed by atoms with Crippen LogP contribution in [0.5, 0.6) is 17.2 Å². The summed E-state index contributed by atoms with van der Waals surface area (Å²) in [6.07, 6.45) is 0. The predicted molar refractivity (Wildman–Crippen MR) is 126 cm³/mol. The number of nitrogens with zero attached hydrogens (tertiary/aromatic N) is 1. The third-order valence-corrected chi connectivity index (χ3v) is 4.88. The second kappa shape index (κ2) is 9.91. The fraction of sp³-hybridized carbons (Fsp3) is 0.154. The van der Waals surface area contributed by atoms with Crippen molar-refractivity contribution in [2.75, 3.05) is 12.3 Å². The van der Waals surface area contributed by atoms with Crippen molar-refractivity contribution >= 4 is 11.6 Å². The highest BCUT2D eigenvalue weighted by atomic mass is 16.5. The van der Waals surface area contributed by atoms with E-state index in [4.69, 9.17) is 19.7 Å². The molecule has 1 amide bonds. The van der Waals surface area contributed by atoms with E-state index in [2.05, 4.69) is 10.5 Å². The largest absolute Gasteiger partial charge is 0.488 e. The van der Waals surface area contributed by atoms with Crippen LogP contribution in [0.1, 0.15) is 28.5 Å². The van der Waals surface area contributed by atoms with Gasteiger partial charge in [0.05, 0.1) is 0 Å². The second-order valence-corrected chi connectivity index (χ2v) is 7.52. The molecule has 0 aliphatic heterocycles. The Hall–Kier alpha value is -4.26. The van der Waals surface area contributed by atoms with E-state index in [0.29, 0.717) is 47.4 Å². The molecule has 0 fully saturated rings. The monoisotopic (exact) mass is 443 g/mol. The molecule has 0 bridgehead atoms. The highest BCUT2D eigenvalue weighted by molar-refractivity contribution is 5.93. The van der Waals surface area contributed by atoms with Gasteiger partial charge in [0.1, 0.15) is 29.4 Å². The minimum absolute atomic E-state index is 0.180. The van der Waals surface area contributed by atoms with Gasteiger partial charge in [-0.15, -0.1) is 0 Å². The number of aromatic nitrogens is 1. The predicted octanol–water partition coefficient (Wildman–Crippen LogP) is 5.35. The zero-order chi connectivity index (χ0) is 23.2. The van der Waals surface area contributed by atoms with E-state index in [1.807, 2.05) is 56.3 Å². The summed E-state index contributed by atoms with van der Waals surface area (Å²) in [4.78, 5) is 12.2. The molecule has 4 rings (SSSR count). The van der Waals surface area contributed by atoms with Crippen LogP contribution >= 0.6 is 0 Å². The molecule has 0 aliphatic carbocycles. The summed E-state index contributed by atoms with van der Waals surface area (Å²) in [7, 11) is 0. The number of nitrogens with two attached hydrogens (primary N) is 1. The lowest BCUT2D eigenvalue weighted by Crippen LogP contribution is -2.22. The molecule has 3 N–H and O–H groups in total. The number of nitrogen functional groups attached to an aromatic ring is 1. The number of ether oxygens (including phenoxy) is 2. The van der Waals surface area contributed by atoms with Gasteiger partial charge >= 0.3 is 0 Å². The third-order valence-electron chi connectivity index (χ3n) is 4.88. The molecule has 1 heterocycles. The number of amides is 1.